The van der Waals surface area contributed by atoms with E-state index in [2.05, 4.69) is 115 Å². The molecule has 10 aromatic carbocycles. The normalized spacial score (nSPS) is 13.2. The molecule has 0 heterocycles. The molecule has 0 atom stereocenters. The standard InChI is InChI=1S/C48H30/c1-3-10-31(11-4-1)38-26-29-43-44(30-38)47(33-12-5-2-6-13-33)41-17-8-7-16-40(41)46(43)36-20-18-32(19-21-36)39-27-24-37-23-22-34-14-9-15-35-25-28-42(39)48(37)45(34)35/h1-30H/i2D,5D,6D,12D,13D. The molecule has 10 rings (SSSR count). The summed E-state index contributed by atoms with van der Waals surface area (Å²) in [7, 11) is 0. The topological polar surface area (TPSA) is 0 Å². The molecule has 10 aromatic rings. The fraction of sp³-hybridized carbons (Fsp3) is 0. The van der Waals surface area contributed by atoms with Crippen LogP contribution in [0.2, 0.25) is 0 Å². The number of benzene rings is 10. The lowest BCUT2D eigenvalue weighted by Crippen LogP contribution is -1.92. The molecule has 0 unspecified atom stereocenters. The molecule has 222 valence electrons. The maximum Gasteiger partial charge on any atom is 0.0629 e. The zero-order valence-corrected chi connectivity index (χ0v) is 25.9. The largest absolute Gasteiger partial charge is 0.0629 e. The lowest BCUT2D eigenvalue weighted by molar-refractivity contribution is 1.62. The first-order valence-corrected chi connectivity index (χ1v) is 16.3. The summed E-state index contributed by atoms with van der Waals surface area (Å²) in [5.41, 5.74) is 7.24. The second kappa shape index (κ2) is 10.7. The van der Waals surface area contributed by atoms with Crippen LogP contribution in [0.3, 0.4) is 0 Å². The lowest BCUT2D eigenvalue weighted by atomic mass is 9.84. The van der Waals surface area contributed by atoms with Crippen molar-refractivity contribution >= 4 is 53.9 Å². The molecule has 0 radical (unpaired) electrons. The van der Waals surface area contributed by atoms with Crippen LogP contribution in [0.25, 0.3) is 98.4 Å². The van der Waals surface area contributed by atoms with Crippen molar-refractivity contribution in [2.75, 3.05) is 0 Å². The van der Waals surface area contributed by atoms with Gasteiger partial charge in [-0.15, -0.1) is 0 Å². The second-order valence-electron chi connectivity index (χ2n) is 12.5. The van der Waals surface area contributed by atoms with Crippen LogP contribution >= 0.6 is 0 Å². The van der Waals surface area contributed by atoms with Gasteiger partial charge in [-0.1, -0.05) is 176 Å². The first-order valence-electron chi connectivity index (χ1n) is 18.8. The van der Waals surface area contributed by atoms with Crippen LogP contribution in [0, 0.1) is 0 Å². The van der Waals surface area contributed by atoms with E-state index in [1.54, 1.807) is 0 Å². The van der Waals surface area contributed by atoms with Gasteiger partial charge in [0.1, 0.15) is 0 Å². The third-order valence-electron chi connectivity index (χ3n) is 9.89. The summed E-state index contributed by atoms with van der Waals surface area (Å²) in [6, 6.07) is 51.6. The first kappa shape index (κ1) is 22.3. The van der Waals surface area contributed by atoms with Crippen LogP contribution in [-0.2, 0) is 0 Å². The Bertz CT molecular complexity index is 3050. The summed E-state index contributed by atoms with van der Waals surface area (Å²) in [5, 5.41) is 11.1. The average Bonchev–Trinajstić information content (AvgIpc) is 3.21. The summed E-state index contributed by atoms with van der Waals surface area (Å²) in [6.07, 6.45) is 0. The average molecular weight is 612 g/mol. The first-order chi connectivity index (χ1) is 25.9. The van der Waals surface area contributed by atoms with Gasteiger partial charge in [-0.3, -0.25) is 0 Å². The van der Waals surface area contributed by atoms with E-state index in [0.717, 1.165) is 49.4 Å². The number of rotatable bonds is 4. The zero-order chi connectivity index (χ0) is 36.0. The van der Waals surface area contributed by atoms with E-state index >= 15 is 0 Å². The number of hydrogen-bond donors (Lipinski definition) is 0. The highest BCUT2D eigenvalue weighted by Crippen LogP contribution is 2.46. The van der Waals surface area contributed by atoms with Gasteiger partial charge in [0.05, 0.1) is 6.85 Å². The molecule has 0 bridgehead atoms. The van der Waals surface area contributed by atoms with Gasteiger partial charge in [0.15, 0.2) is 0 Å². The molecular formula is C48H30. The maximum absolute atomic E-state index is 9.02. The van der Waals surface area contributed by atoms with E-state index in [1.807, 2.05) is 36.4 Å². The fourth-order valence-corrected chi connectivity index (χ4v) is 7.75. The molecule has 0 saturated heterocycles. The Labute approximate surface area is 286 Å². The lowest BCUT2D eigenvalue weighted by Gasteiger charge is -2.19. The zero-order valence-electron chi connectivity index (χ0n) is 30.9. The van der Waals surface area contributed by atoms with E-state index in [0.29, 0.717) is 5.56 Å². The van der Waals surface area contributed by atoms with Crippen molar-refractivity contribution in [3.63, 3.8) is 0 Å². The highest BCUT2D eigenvalue weighted by atomic mass is 14.2. The molecule has 0 aliphatic carbocycles. The molecule has 48 heavy (non-hydrogen) atoms. The van der Waals surface area contributed by atoms with Gasteiger partial charge in [-0.05, 0) is 104 Å². The third-order valence-corrected chi connectivity index (χ3v) is 9.89. The third kappa shape index (κ3) is 4.10. The Balaban J connectivity index is 1.23. The molecule has 0 amide bonds. The Morgan fingerprint density at radius 1 is 0.312 bits per heavy atom. The molecule has 0 spiro atoms. The van der Waals surface area contributed by atoms with Crippen LogP contribution < -0.4 is 0 Å². The van der Waals surface area contributed by atoms with Crippen LogP contribution in [0.4, 0.5) is 0 Å². The maximum atomic E-state index is 9.02. The minimum absolute atomic E-state index is 0.207. The SMILES string of the molecule is [2H]c1c([2H])c([2H])c(-c2c3ccccc3c(-c3ccc(-c4ccc5ccc6cccc7ccc4c5c67)cc3)c3ccc(-c4ccccc4)cc23)c([2H])c1[2H]. The molecule has 0 aromatic heterocycles. The Kier molecular flexibility index (Phi) is 4.95. The summed E-state index contributed by atoms with van der Waals surface area (Å²) < 4.78 is 43.4. The Hall–Kier alpha value is -6.24. The number of hydrogen-bond acceptors (Lipinski definition) is 0. The fourth-order valence-electron chi connectivity index (χ4n) is 7.75. The van der Waals surface area contributed by atoms with Crippen molar-refractivity contribution in [3.8, 4) is 44.5 Å². The second-order valence-corrected chi connectivity index (χ2v) is 12.5. The molecule has 0 fully saturated rings. The predicted octanol–water partition coefficient (Wildman–Crippen LogP) is 13.6. The van der Waals surface area contributed by atoms with Crippen LogP contribution in [-0.4, -0.2) is 0 Å². The van der Waals surface area contributed by atoms with Gasteiger partial charge in [0.2, 0.25) is 0 Å². The van der Waals surface area contributed by atoms with Gasteiger partial charge in [-0.2, -0.15) is 0 Å². The van der Waals surface area contributed by atoms with Crippen molar-refractivity contribution in [2.45, 2.75) is 0 Å². The van der Waals surface area contributed by atoms with Crippen molar-refractivity contribution in [2.24, 2.45) is 0 Å². The molecule has 0 nitrogen and oxygen atoms in total. The van der Waals surface area contributed by atoms with E-state index in [1.165, 1.54) is 37.9 Å². The van der Waals surface area contributed by atoms with Crippen LogP contribution in [0.1, 0.15) is 6.85 Å². The van der Waals surface area contributed by atoms with Gasteiger partial charge < -0.3 is 0 Å². The minimum Gasteiger partial charge on any atom is -0.0622 e. The van der Waals surface area contributed by atoms with Crippen molar-refractivity contribution in [1.82, 2.24) is 0 Å². The Morgan fingerprint density at radius 2 is 0.875 bits per heavy atom. The van der Waals surface area contributed by atoms with Crippen molar-refractivity contribution in [3.05, 3.63) is 182 Å². The van der Waals surface area contributed by atoms with E-state index < -0.39 is 6.04 Å². The van der Waals surface area contributed by atoms with Crippen molar-refractivity contribution in [1.29, 1.82) is 0 Å². The highest BCUT2D eigenvalue weighted by Gasteiger charge is 2.18. The predicted molar refractivity (Wildman–Crippen MR) is 207 cm³/mol. The van der Waals surface area contributed by atoms with Crippen molar-refractivity contribution < 1.29 is 6.85 Å². The van der Waals surface area contributed by atoms with E-state index in [9.17, 15) is 0 Å². The van der Waals surface area contributed by atoms with Crippen LogP contribution in [0.5, 0.6) is 0 Å². The molecule has 0 heteroatoms. The molecule has 0 saturated carbocycles. The van der Waals surface area contributed by atoms with Gasteiger partial charge in [0.25, 0.3) is 0 Å². The van der Waals surface area contributed by atoms with E-state index in [-0.39, 0.29) is 29.7 Å². The summed E-state index contributed by atoms with van der Waals surface area (Å²) in [4.78, 5) is 0. The van der Waals surface area contributed by atoms with E-state index in [4.69, 9.17) is 6.85 Å². The van der Waals surface area contributed by atoms with Crippen LogP contribution in [0.15, 0.2) is 182 Å². The Morgan fingerprint density at radius 3 is 1.62 bits per heavy atom. The molecule has 0 N–H and O–H groups in total. The smallest absolute Gasteiger partial charge is 0.0622 e. The summed E-state index contributed by atoms with van der Waals surface area (Å²) in [6.45, 7) is 0. The summed E-state index contributed by atoms with van der Waals surface area (Å²) >= 11 is 0. The molecular weight excluding hydrogens is 577 g/mol. The van der Waals surface area contributed by atoms with Gasteiger partial charge >= 0.3 is 0 Å². The van der Waals surface area contributed by atoms with Gasteiger partial charge in [0, 0.05) is 0 Å². The molecule has 0 aliphatic heterocycles. The number of fused-ring (bicyclic) bond motifs is 2. The monoisotopic (exact) mass is 611 g/mol. The summed E-state index contributed by atoms with van der Waals surface area (Å²) in [5.74, 6) is 0. The highest BCUT2D eigenvalue weighted by molar-refractivity contribution is 6.26. The molecule has 0 aliphatic rings. The van der Waals surface area contributed by atoms with Gasteiger partial charge in [-0.25, -0.2) is 0 Å². The minimum atomic E-state index is -0.399. The quantitative estimate of drug-likeness (QED) is 0.137.